The third-order valence-electron chi connectivity index (χ3n) is 4.59. The molecule has 0 fully saturated rings. The fraction of sp³-hybridized carbons (Fsp3) is 0.364. The summed E-state index contributed by atoms with van der Waals surface area (Å²) in [5.41, 5.74) is 1.66. The number of hydrogen-bond acceptors (Lipinski definition) is 3. The topological polar surface area (TPSA) is 58.6 Å². The molecule has 0 bridgehead atoms. The molecule has 2 amide bonds. The molecule has 1 atom stereocenters. The summed E-state index contributed by atoms with van der Waals surface area (Å²) in [4.78, 5) is 27.4. The molecule has 0 saturated carbocycles. The van der Waals surface area contributed by atoms with E-state index >= 15 is 0 Å². The van der Waals surface area contributed by atoms with Crippen LogP contribution in [0, 0.1) is 0 Å². The summed E-state index contributed by atoms with van der Waals surface area (Å²) >= 11 is 12.1. The molecule has 156 valence electrons. The molecule has 5 nitrogen and oxygen atoms in total. The monoisotopic (exact) mass is 436 g/mol. The van der Waals surface area contributed by atoms with Crippen LogP contribution in [-0.2, 0) is 22.6 Å². The van der Waals surface area contributed by atoms with E-state index in [0.717, 1.165) is 16.9 Å². The van der Waals surface area contributed by atoms with Crippen molar-refractivity contribution in [1.82, 2.24) is 10.2 Å². The Kier molecular flexibility index (Phi) is 8.80. The molecular weight excluding hydrogens is 411 g/mol. The highest BCUT2D eigenvalue weighted by Crippen LogP contribution is 2.24. The highest BCUT2D eigenvalue weighted by Gasteiger charge is 2.28. The van der Waals surface area contributed by atoms with Crippen LogP contribution >= 0.6 is 23.2 Å². The summed E-state index contributed by atoms with van der Waals surface area (Å²) < 4.78 is 5.16. The first-order valence-corrected chi connectivity index (χ1v) is 10.3. The first-order chi connectivity index (χ1) is 13.9. The number of methoxy groups -OCH3 is 1. The van der Waals surface area contributed by atoms with Crippen LogP contribution in [0.2, 0.25) is 10.0 Å². The highest BCUT2D eigenvalue weighted by molar-refractivity contribution is 6.42. The largest absolute Gasteiger partial charge is 0.497 e. The molecule has 0 spiro atoms. The van der Waals surface area contributed by atoms with Gasteiger partial charge < -0.3 is 15.0 Å². The molecule has 2 aromatic carbocycles. The molecule has 0 aliphatic carbocycles. The molecular formula is C22H26Cl2N2O3. The quantitative estimate of drug-likeness (QED) is 0.629. The maximum atomic E-state index is 13.2. The van der Waals surface area contributed by atoms with E-state index in [2.05, 4.69) is 5.32 Å². The summed E-state index contributed by atoms with van der Waals surface area (Å²) in [6.45, 7) is 4.51. The van der Waals surface area contributed by atoms with Gasteiger partial charge in [0.1, 0.15) is 11.8 Å². The Morgan fingerprint density at radius 1 is 1.03 bits per heavy atom. The van der Waals surface area contributed by atoms with E-state index in [9.17, 15) is 9.59 Å². The Balaban J connectivity index is 2.29. The molecule has 0 radical (unpaired) electrons. The zero-order valence-corrected chi connectivity index (χ0v) is 18.4. The fourth-order valence-electron chi connectivity index (χ4n) is 3.07. The normalized spacial score (nSPS) is 11.6. The van der Waals surface area contributed by atoms with Crippen molar-refractivity contribution in [2.75, 3.05) is 13.7 Å². The Labute approximate surface area is 181 Å². The highest BCUT2D eigenvalue weighted by atomic mass is 35.5. The van der Waals surface area contributed by atoms with Gasteiger partial charge in [-0.2, -0.15) is 0 Å². The maximum absolute atomic E-state index is 13.2. The van der Waals surface area contributed by atoms with Gasteiger partial charge >= 0.3 is 0 Å². The average molecular weight is 437 g/mol. The van der Waals surface area contributed by atoms with Gasteiger partial charge in [0, 0.05) is 13.1 Å². The minimum Gasteiger partial charge on any atom is -0.497 e. The number of likely N-dealkylation sites (N-methyl/N-ethyl adjacent to an activating group) is 1. The van der Waals surface area contributed by atoms with Gasteiger partial charge in [0.25, 0.3) is 0 Å². The zero-order chi connectivity index (χ0) is 21.4. The van der Waals surface area contributed by atoms with Crippen molar-refractivity contribution < 1.29 is 14.3 Å². The van der Waals surface area contributed by atoms with Crippen molar-refractivity contribution in [3.8, 4) is 5.75 Å². The second-order valence-corrected chi connectivity index (χ2v) is 7.43. The average Bonchev–Trinajstić information content (AvgIpc) is 2.71. The van der Waals surface area contributed by atoms with Crippen LogP contribution in [0.3, 0.4) is 0 Å². The summed E-state index contributed by atoms with van der Waals surface area (Å²) in [6, 6.07) is 12.0. The van der Waals surface area contributed by atoms with Crippen molar-refractivity contribution in [1.29, 1.82) is 0 Å². The summed E-state index contributed by atoms with van der Waals surface area (Å²) in [5.74, 6) is 0.417. The van der Waals surface area contributed by atoms with Gasteiger partial charge in [-0.25, -0.2) is 0 Å². The Morgan fingerprint density at radius 3 is 2.24 bits per heavy atom. The van der Waals surface area contributed by atoms with Crippen LogP contribution in [0.4, 0.5) is 0 Å². The van der Waals surface area contributed by atoms with Gasteiger partial charge in [0.2, 0.25) is 11.8 Å². The fourth-order valence-corrected chi connectivity index (χ4v) is 3.39. The Bertz CT molecular complexity index is 840. The second kappa shape index (κ2) is 11.1. The number of benzene rings is 2. The van der Waals surface area contributed by atoms with Crippen LogP contribution in [0.5, 0.6) is 5.75 Å². The van der Waals surface area contributed by atoms with E-state index in [4.69, 9.17) is 27.9 Å². The molecule has 7 heteroatoms. The van der Waals surface area contributed by atoms with Crippen LogP contribution in [-0.4, -0.2) is 36.4 Å². The van der Waals surface area contributed by atoms with E-state index < -0.39 is 6.04 Å². The number of nitrogens with zero attached hydrogens (tertiary/aromatic N) is 1. The molecule has 0 saturated heterocycles. The van der Waals surface area contributed by atoms with Crippen molar-refractivity contribution in [2.24, 2.45) is 0 Å². The zero-order valence-electron chi connectivity index (χ0n) is 16.9. The first-order valence-electron chi connectivity index (χ1n) is 9.53. The summed E-state index contributed by atoms with van der Waals surface area (Å²) in [5, 5.41) is 3.68. The number of carbonyl (C=O) groups excluding carboxylic acids is 2. The van der Waals surface area contributed by atoms with Gasteiger partial charge in [-0.05, 0) is 48.7 Å². The minimum atomic E-state index is -0.574. The first kappa shape index (κ1) is 23.0. The molecule has 0 aliphatic rings. The number of hydrogen-bond donors (Lipinski definition) is 1. The third kappa shape index (κ3) is 6.38. The van der Waals surface area contributed by atoms with E-state index in [1.807, 2.05) is 44.2 Å². The van der Waals surface area contributed by atoms with Crippen LogP contribution in [0.1, 0.15) is 31.4 Å². The number of amides is 2. The predicted molar refractivity (Wildman–Crippen MR) is 116 cm³/mol. The molecule has 0 unspecified atom stereocenters. The second-order valence-electron chi connectivity index (χ2n) is 6.61. The van der Waals surface area contributed by atoms with Gasteiger partial charge in [0.15, 0.2) is 0 Å². The lowest BCUT2D eigenvalue weighted by Gasteiger charge is -2.30. The maximum Gasteiger partial charge on any atom is 0.242 e. The number of carbonyl (C=O) groups is 2. The van der Waals surface area contributed by atoms with Crippen LogP contribution in [0.25, 0.3) is 0 Å². The van der Waals surface area contributed by atoms with Gasteiger partial charge in [-0.1, -0.05) is 48.3 Å². The molecule has 0 aliphatic heterocycles. The lowest BCUT2D eigenvalue weighted by Crippen LogP contribution is -2.49. The van der Waals surface area contributed by atoms with Crippen molar-refractivity contribution in [3.05, 3.63) is 63.6 Å². The smallest absolute Gasteiger partial charge is 0.242 e. The van der Waals surface area contributed by atoms with Gasteiger partial charge in [0.05, 0.1) is 23.6 Å². The molecule has 29 heavy (non-hydrogen) atoms. The van der Waals surface area contributed by atoms with Crippen molar-refractivity contribution in [2.45, 2.75) is 39.3 Å². The SMILES string of the molecule is CCNC(=O)[C@H](CC)N(Cc1ccc(Cl)c(Cl)c1)C(=O)Cc1ccc(OC)cc1. The molecule has 1 N–H and O–H groups in total. The molecule has 0 aromatic heterocycles. The third-order valence-corrected chi connectivity index (χ3v) is 5.33. The van der Waals surface area contributed by atoms with Crippen molar-refractivity contribution >= 4 is 35.0 Å². The van der Waals surface area contributed by atoms with E-state index in [1.165, 1.54) is 0 Å². The van der Waals surface area contributed by atoms with Gasteiger partial charge in [-0.3, -0.25) is 9.59 Å². The summed E-state index contributed by atoms with van der Waals surface area (Å²) in [7, 11) is 1.59. The van der Waals surface area contributed by atoms with E-state index in [-0.39, 0.29) is 24.8 Å². The van der Waals surface area contributed by atoms with E-state index in [1.54, 1.807) is 24.1 Å². The van der Waals surface area contributed by atoms with Crippen LogP contribution in [0.15, 0.2) is 42.5 Å². The number of halogens is 2. The lowest BCUT2D eigenvalue weighted by molar-refractivity contribution is -0.140. The van der Waals surface area contributed by atoms with Gasteiger partial charge in [-0.15, -0.1) is 0 Å². The van der Waals surface area contributed by atoms with Crippen LogP contribution < -0.4 is 10.1 Å². The molecule has 2 rings (SSSR count). The minimum absolute atomic E-state index is 0.139. The standard InChI is InChI=1S/C22H26Cl2N2O3/c1-4-20(22(28)25-5-2)26(14-16-8-11-18(23)19(24)12-16)21(27)13-15-6-9-17(29-3)10-7-15/h6-12,20H,4-5,13-14H2,1-3H3,(H,25,28)/t20-/m0/s1. The van der Waals surface area contributed by atoms with E-state index in [0.29, 0.717) is 23.0 Å². The lowest BCUT2D eigenvalue weighted by atomic mass is 10.1. The Hall–Kier alpha value is -2.24. The molecule has 0 heterocycles. The number of ether oxygens (including phenoxy) is 1. The molecule has 2 aromatic rings. The predicted octanol–water partition coefficient (Wildman–Crippen LogP) is 4.49. The Morgan fingerprint density at radius 2 is 1.69 bits per heavy atom. The van der Waals surface area contributed by atoms with Crippen molar-refractivity contribution in [3.63, 3.8) is 0 Å². The summed E-state index contributed by atoms with van der Waals surface area (Å²) in [6.07, 6.45) is 0.683. The number of rotatable bonds is 9. The number of nitrogens with one attached hydrogen (secondary N) is 1.